The predicted octanol–water partition coefficient (Wildman–Crippen LogP) is 3.25. The first-order chi connectivity index (χ1) is 15.6. The van der Waals surface area contributed by atoms with Gasteiger partial charge in [0.1, 0.15) is 18.5 Å². The molecule has 10 nitrogen and oxygen atoms in total. The molecule has 0 radical (unpaired) electrons. The Hall–Kier alpha value is -4.31. The van der Waals surface area contributed by atoms with E-state index in [2.05, 4.69) is 30.7 Å². The van der Waals surface area contributed by atoms with E-state index in [1.54, 1.807) is 61.1 Å². The van der Waals surface area contributed by atoms with Gasteiger partial charge < -0.3 is 15.4 Å². The van der Waals surface area contributed by atoms with Crippen molar-refractivity contribution in [1.82, 2.24) is 24.7 Å². The summed E-state index contributed by atoms with van der Waals surface area (Å²) in [6.07, 6.45) is 7.52. The minimum atomic E-state index is -0.648. The first kappa shape index (κ1) is 20.9. The topological polar surface area (TPSA) is 124 Å². The van der Waals surface area contributed by atoms with Gasteiger partial charge in [0.2, 0.25) is 0 Å². The molecule has 0 aliphatic rings. The smallest absolute Gasteiger partial charge is 0.338 e. The van der Waals surface area contributed by atoms with E-state index in [4.69, 9.17) is 16.3 Å². The number of carbonyl (C=O) groups excluding carboxylic acids is 2. The maximum Gasteiger partial charge on any atom is 0.338 e. The lowest BCUT2D eigenvalue weighted by atomic mass is 10.2. The Morgan fingerprint density at radius 2 is 2.00 bits per heavy atom. The number of carbonyl (C=O) groups is 2. The second-order valence-corrected chi connectivity index (χ2v) is 6.86. The monoisotopic (exact) mass is 449 g/mol. The number of halogens is 1. The van der Waals surface area contributed by atoms with Gasteiger partial charge in [0.05, 0.1) is 23.1 Å². The van der Waals surface area contributed by atoms with Crippen molar-refractivity contribution in [2.24, 2.45) is 0 Å². The van der Waals surface area contributed by atoms with Gasteiger partial charge in [-0.3, -0.25) is 9.78 Å². The molecule has 0 spiro atoms. The Bertz CT molecular complexity index is 1230. The molecular weight excluding hydrogens is 434 g/mol. The SMILES string of the molecule is O=C(COC(=O)c1cccc(Nc2cnccn2)c1)Nc1cc(Cl)ccc1-n1cncn1. The number of benzene rings is 2. The number of amides is 1. The molecule has 1 amide bonds. The van der Waals surface area contributed by atoms with Gasteiger partial charge in [-0.15, -0.1) is 0 Å². The Morgan fingerprint density at radius 3 is 2.78 bits per heavy atom. The predicted molar refractivity (Wildman–Crippen MR) is 117 cm³/mol. The summed E-state index contributed by atoms with van der Waals surface area (Å²) in [7, 11) is 0. The van der Waals surface area contributed by atoms with Gasteiger partial charge in [0, 0.05) is 23.1 Å². The van der Waals surface area contributed by atoms with Crippen LogP contribution >= 0.6 is 11.6 Å². The van der Waals surface area contributed by atoms with E-state index >= 15 is 0 Å². The minimum absolute atomic E-state index is 0.276. The Morgan fingerprint density at radius 1 is 1.09 bits per heavy atom. The van der Waals surface area contributed by atoms with E-state index in [-0.39, 0.29) is 5.56 Å². The minimum Gasteiger partial charge on any atom is -0.452 e. The van der Waals surface area contributed by atoms with Gasteiger partial charge >= 0.3 is 5.97 Å². The number of ether oxygens (including phenoxy) is 1. The van der Waals surface area contributed by atoms with Crippen LogP contribution in [-0.2, 0) is 9.53 Å². The van der Waals surface area contributed by atoms with E-state index in [1.807, 2.05) is 0 Å². The first-order valence-electron chi connectivity index (χ1n) is 9.33. The van der Waals surface area contributed by atoms with Crippen molar-refractivity contribution in [3.63, 3.8) is 0 Å². The molecule has 0 fully saturated rings. The number of nitrogens with zero attached hydrogens (tertiary/aromatic N) is 5. The molecule has 0 unspecified atom stereocenters. The molecule has 2 aromatic heterocycles. The van der Waals surface area contributed by atoms with Crippen LogP contribution in [0.15, 0.2) is 73.7 Å². The molecule has 0 saturated heterocycles. The fourth-order valence-corrected chi connectivity index (χ4v) is 2.95. The Balaban J connectivity index is 1.38. The lowest BCUT2D eigenvalue weighted by Gasteiger charge is -2.12. The molecular formula is C21H16ClN7O3. The van der Waals surface area contributed by atoms with E-state index in [0.717, 1.165) is 0 Å². The number of nitrogens with one attached hydrogen (secondary N) is 2. The fraction of sp³-hybridized carbons (Fsp3) is 0.0476. The molecule has 2 N–H and O–H groups in total. The highest BCUT2D eigenvalue weighted by Crippen LogP contribution is 2.24. The van der Waals surface area contributed by atoms with Crippen LogP contribution in [0.1, 0.15) is 10.4 Å². The van der Waals surface area contributed by atoms with Gasteiger partial charge in [0.25, 0.3) is 5.91 Å². The number of hydrogen-bond acceptors (Lipinski definition) is 8. The summed E-state index contributed by atoms with van der Waals surface area (Å²) in [5.41, 5.74) is 1.87. The Labute approximate surface area is 187 Å². The second kappa shape index (κ2) is 9.67. The molecule has 32 heavy (non-hydrogen) atoms. The summed E-state index contributed by atoms with van der Waals surface area (Å²) >= 11 is 6.05. The average Bonchev–Trinajstić information content (AvgIpc) is 3.33. The van der Waals surface area contributed by atoms with Gasteiger partial charge in [-0.05, 0) is 36.4 Å². The quantitative estimate of drug-likeness (QED) is 0.412. The van der Waals surface area contributed by atoms with E-state index in [9.17, 15) is 9.59 Å². The zero-order valence-electron chi connectivity index (χ0n) is 16.5. The molecule has 0 aliphatic heterocycles. The van der Waals surface area contributed by atoms with E-state index in [0.29, 0.717) is 27.9 Å². The largest absolute Gasteiger partial charge is 0.452 e. The van der Waals surface area contributed by atoms with Crippen molar-refractivity contribution in [3.8, 4) is 5.69 Å². The van der Waals surface area contributed by atoms with Gasteiger partial charge in [-0.1, -0.05) is 17.7 Å². The highest BCUT2D eigenvalue weighted by Gasteiger charge is 2.14. The fourth-order valence-electron chi connectivity index (χ4n) is 2.78. The highest BCUT2D eigenvalue weighted by molar-refractivity contribution is 6.31. The van der Waals surface area contributed by atoms with Crippen LogP contribution in [0.4, 0.5) is 17.2 Å². The van der Waals surface area contributed by atoms with Crippen molar-refractivity contribution in [1.29, 1.82) is 0 Å². The van der Waals surface area contributed by atoms with Crippen molar-refractivity contribution in [3.05, 3.63) is 84.3 Å². The molecule has 2 aromatic carbocycles. The summed E-state index contributed by atoms with van der Waals surface area (Å²) in [5.74, 6) is -0.650. The van der Waals surface area contributed by atoms with Gasteiger partial charge in [-0.2, -0.15) is 5.10 Å². The third-order valence-electron chi connectivity index (χ3n) is 4.17. The first-order valence-corrected chi connectivity index (χ1v) is 9.71. The average molecular weight is 450 g/mol. The maximum atomic E-state index is 12.4. The standard InChI is InChI=1S/C21H16ClN7O3/c22-15-4-5-18(29-13-24-12-26-29)17(9-15)28-20(30)11-32-21(31)14-2-1-3-16(8-14)27-19-10-23-6-7-25-19/h1-10,12-13H,11H2,(H,25,27)(H,28,30). The molecule has 2 heterocycles. The molecule has 0 atom stereocenters. The van der Waals surface area contributed by atoms with Crippen molar-refractivity contribution in [2.45, 2.75) is 0 Å². The van der Waals surface area contributed by atoms with Crippen LogP contribution in [0, 0.1) is 0 Å². The third-order valence-corrected chi connectivity index (χ3v) is 4.40. The number of esters is 1. The molecule has 160 valence electrons. The third kappa shape index (κ3) is 5.24. The zero-order chi connectivity index (χ0) is 22.3. The molecule has 0 aliphatic carbocycles. The zero-order valence-corrected chi connectivity index (χ0v) is 17.2. The van der Waals surface area contributed by atoms with Crippen LogP contribution < -0.4 is 10.6 Å². The van der Waals surface area contributed by atoms with Crippen LogP contribution in [0.3, 0.4) is 0 Å². The maximum absolute atomic E-state index is 12.4. The number of rotatable bonds is 7. The number of anilines is 3. The van der Waals surface area contributed by atoms with Gasteiger partial charge in [0.15, 0.2) is 6.61 Å². The molecule has 11 heteroatoms. The van der Waals surface area contributed by atoms with Crippen LogP contribution in [0.25, 0.3) is 5.69 Å². The van der Waals surface area contributed by atoms with Crippen molar-refractivity contribution < 1.29 is 14.3 Å². The van der Waals surface area contributed by atoms with Crippen molar-refractivity contribution in [2.75, 3.05) is 17.2 Å². The lowest BCUT2D eigenvalue weighted by Crippen LogP contribution is -2.21. The highest BCUT2D eigenvalue weighted by atomic mass is 35.5. The number of aromatic nitrogens is 5. The summed E-state index contributed by atoms with van der Waals surface area (Å²) in [4.78, 5) is 36.8. The summed E-state index contributed by atoms with van der Waals surface area (Å²) < 4.78 is 6.63. The summed E-state index contributed by atoms with van der Waals surface area (Å²) in [5, 5.41) is 10.2. The number of hydrogen-bond donors (Lipinski definition) is 2. The molecule has 4 aromatic rings. The van der Waals surface area contributed by atoms with Crippen LogP contribution in [-0.4, -0.2) is 43.2 Å². The van der Waals surface area contributed by atoms with E-state index < -0.39 is 18.5 Å². The lowest BCUT2D eigenvalue weighted by molar-refractivity contribution is -0.119. The summed E-state index contributed by atoms with van der Waals surface area (Å²) in [6, 6.07) is 11.6. The van der Waals surface area contributed by atoms with Crippen LogP contribution in [0.5, 0.6) is 0 Å². The normalized spacial score (nSPS) is 10.4. The summed E-state index contributed by atoms with van der Waals surface area (Å²) in [6.45, 7) is -0.482. The molecule has 0 saturated carbocycles. The van der Waals surface area contributed by atoms with Crippen LogP contribution in [0.2, 0.25) is 5.02 Å². The van der Waals surface area contributed by atoms with Gasteiger partial charge in [-0.25, -0.2) is 19.4 Å². The molecule has 0 bridgehead atoms. The van der Waals surface area contributed by atoms with Crippen molar-refractivity contribution >= 4 is 40.7 Å². The Kier molecular flexibility index (Phi) is 6.33. The second-order valence-electron chi connectivity index (χ2n) is 6.42. The molecule has 4 rings (SSSR count). The van der Waals surface area contributed by atoms with E-state index in [1.165, 1.54) is 17.3 Å².